The maximum absolute atomic E-state index is 5.27. The lowest BCUT2D eigenvalue weighted by molar-refractivity contribution is 0.367. The third kappa shape index (κ3) is 2.50. The number of para-hydroxylation sites is 2. The molecular formula is C14H16N4O. The normalized spacial score (nSPS) is 11.2. The van der Waals surface area contributed by atoms with Gasteiger partial charge in [-0.2, -0.15) is 4.98 Å². The van der Waals surface area contributed by atoms with Crippen LogP contribution in [0.25, 0.3) is 11.0 Å². The fourth-order valence-electron chi connectivity index (χ4n) is 2.07. The predicted molar refractivity (Wildman–Crippen MR) is 71.7 cm³/mol. The van der Waals surface area contributed by atoms with Gasteiger partial charge in [0.05, 0.1) is 17.4 Å². The van der Waals surface area contributed by atoms with Crippen molar-refractivity contribution in [3.8, 4) is 0 Å². The van der Waals surface area contributed by atoms with E-state index in [0.717, 1.165) is 36.1 Å². The van der Waals surface area contributed by atoms with Gasteiger partial charge in [0.1, 0.15) is 6.54 Å². The number of aryl methyl sites for hydroxylation is 1. The third-order valence-electron chi connectivity index (χ3n) is 3.10. The smallest absolute Gasteiger partial charge is 0.246 e. The van der Waals surface area contributed by atoms with E-state index in [9.17, 15) is 0 Å². The molecule has 0 saturated carbocycles. The summed E-state index contributed by atoms with van der Waals surface area (Å²) in [4.78, 5) is 8.75. The number of hydrogen-bond donors (Lipinski definition) is 0. The summed E-state index contributed by atoms with van der Waals surface area (Å²) in [6.45, 7) is 2.72. The highest BCUT2D eigenvalue weighted by molar-refractivity contribution is 5.74. The lowest BCUT2D eigenvalue weighted by atomic mass is 10.2. The molecular weight excluding hydrogens is 240 g/mol. The molecule has 19 heavy (non-hydrogen) atoms. The lowest BCUT2D eigenvalue weighted by Crippen LogP contribution is -1.98. The molecule has 5 nitrogen and oxygen atoms in total. The van der Waals surface area contributed by atoms with Crippen LogP contribution in [-0.2, 0) is 13.0 Å². The van der Waals surface area contributed by atoms with Crippen molar-refractivity contribution in [2.75, 3.05) is 0 Å². The zero-order valence-corrected chi connectivity index (χ0v) is 10.9. The Hall–Kier alpha value is -2.17. The van der Waals surface area contributed by atoms with E-state index in [1.165, 1.54) is 0 Å². The van der Waals surface area contributed by atoms with Gasteiger partial charge in [0, 0.05) is 6.42 Å². The first-order valence-electron chi connectivity index (χ1n) is 6.58. The van der Waals surface area contributed by atoms with Crippen LogP contribution in [0.5, 0.6) is 0 Å². The Morgan fingerprint density at radius 1 is 1.26 bits per heavy atom. The quantitative estimate of drug-likeness (QED) is 0.704. The zero-order chi connectivity index (χ0) is 13.1. The second-order valence-electron chi connectivity index (χ2n) is 4.57. The van der Waals surface area contributed by atoms with Crippen LogP contribution in [0.1, 0.15) is 31.5 Å². The molecule has 0 radical (unpaired) electrons. The number of hydrogen-bond acceptors (Lipinski definition) is 4. The van der Waals surface area contributed by atoms with Crippen LogP contribution in [0.3, 0.4) is 0 Å². The molecule has 1 aromatic carbocycles. The van der Waals surface area contributed by atoms with Gasteiger partial charge in [-0.1, -0.05) is 30.6 Å². The van der Waals surface area contributed by atoms with E-state index >= 15 is 0 Å². The van der Waals surface area contributed by atoms with E-state index < -0.39 is 0 Å². The number of rotatable bonds is 5. The number of fused-ring (bicyclic) bond motifs is 1. The van der Waals surface area contributed by atoms with Gasteiger partial charge in [-0.05, 0) is 18.6 Å². The van der Waals surface area contributed by atoms with Crippen molar-refractivity contribution < 1.29 is 4.52 Å². The molecule has 3 rings (SSSR count). The molecule has 0 aliphatic carbocycles. The number of benzene rings is 1. The highest BCUT2D eigenvalue weighted by atomic mass is 16.5. The number of nitrogens with zero attached hydrogens (tertiary/aromatic N) is 4. The van der Waals surface area contributed by atoms with Crippen molar-refractivity contribution in [1.29, 1.82) is 0 Å². The van der Waals surface area contributed by atoms with Crippen molar-refractivity contribution in [2.45, 2.75) is 32.7 Å². The summed E-state index contributed by atoms with van der Waals surface area (Å²) in [5.74, 6) is 1.43. The van der Waals surface area contributed by atoms with Gasteiger partial charge in [0.25, 0.3) is 0 Å². The van der Waals surface area contributed by atoms with Crippen LogP contribution in [0.15, 0.2) is 35.1 Å². The monoisotopic (exact) mass is 256 g/mol. The molecule has 0 atom stereocenters. The maximum atomic E-state index is 5.27. The van der Waals surface area contributed by atoms with E-state index in [1.807, 2.05) is 28.8 Å². The van der Waals surface area contributed by atoms with Crippen LogP contribution in [0, 0.1) is 0 Å². The Bertz CT molecular complexity index is 671. The SMILES string of the molecule is CCCCc1noc(Cn2cnc3ccccc32)n1. The van der Waals surface area contributed by atoms with Gasteiger partial charge >= 0.3 is 0 Å². The summed E-state index contributed by atoms with van der Waals surface area (Å²) in [6, 6.07) is 8.01. The second kappa shape index (κ2) is 5.22. The molecule has 0 N–H and O–H groups in total. The van der Waals surface area contributed by atoms with Crippen molar-refractivity contribution in [1.82, 2.24) is 19.7 Å². The fraction of sp³-hybridized carbons (Fsp3) is 0.357. The minimum atomic E-state index is 0.569. The molecule has 2 heterocycles. The molecule has 3 aromatic rings. The van der Waals surface area contributed by atoms with Gasteiger partial charge in [0.15, 0.2) is 5.82 Å². The van der Waals surface area contributed by atoms with Crippen molar-refractivity contribution >= 4 is 11.0 Å². The molecule has 0 fully saturated rings. The van der Waals surface area contributed by atoms with Crippen LogP contribution >= 0.6 is 0 Å². The average Bonchev–Trinajstić information content (AvgIpc) is 3.05. The lowest BCUT2D eigenvalue weighted by Gasteiger charge is -1.98. The zero-order valence-electron chi connectivity index (χ0n) is 10.9. The summed E-state index contributed by atoms with van der Waals surface area (Å²) in [7, 11) is 0. The number of unbranched alkanes of at least 4 members (excludes halogenated alkanes) is 1. The van der Waals surface area contributed by atoms with Gasteiger partial charge < -0.3 is 9.09 Å². The first kappa shape index (κ1) is 11.9. The molecule has 5 heteroatoms. The Balaban J connectivity index is 1.79. The fourth-order valence-corrected chi connectivity index (χ4v) is 2.07. The van der Waals surface area contributed by atoms with Crippen molar-refractivity contribution in [2.24, 2.45) is 0 Å². The Kier molecular flexibility index (Phi) is 3.27. The van der Waals surface area contributed by atoms with E-state index in [2.05, 4.69) is 22.0 Å². The van der Waals surface area contributed by atoms with Gasteiger partial charge in [-0.15, -0.1) is 0 Å². The Labute approximate surface area is 111 Å². The molecule has 0 aliphatic heterocycles. The standard InChI is InChI=1S/C14H16N4O/c1-2-3-8-13-16-14(19-17-13)9-18-10-15-11-6-4-5-7-12(11)18/h4-7,10H,2-3,8-9H2,1H3. The summed E-state index contributed by atoms with van der Waals surface area (Å²) in [6.07, 6.45) is 4.91. The highest BCUT2D eigenvalue weighted by Gasteiger charge is 2.08. The van der Waals surface area contributed by atoms with Gasteiger partial charge in [-0.25, -0.2) is 4.98 Å². The first-order chi connectivity index (χ1) is 9.36. The molecule has 2 aromatic heterocycles. The summed E-state index contributed by atoms with van der Waals surface area (Å²) < 4.78 is 7.29. The first-order valence-corrected chi connectivity index (χ1v) is 6.58. The van der Waals surface area contributed by atoms with Crippen LogP contribution in [0.4, 0.5) is 0 Å². The summed E-state index contributed by atoms with van der Waals surface area (Å²) in [5.41, 5.74) is 2.06. The van der Waals surface area contributed by atoms with Crippen LogP contribution in [0.2, 0.25) is 0 Å². The van der Waals surface area contributed by atoms with Crippen LogP contribution in [-0.4, -0.2) is 19.7 Å². The largest absolute Gasteiger partial charge is 0.337 e. The Morgan fingerprint density at radius 2 is 2.16 bits per heavy atom. The number of aromatic nitrogens is 4. The number of imidazole rings is 1. The second-order valence-corrected chi connectivity index (χ2v) is 4.57. The summed E-state index contributed by atoms with van der Waals surface area (Å²) >= 11 is 0. The van der Waals surface area contributed by atoms with Crippen molar-refractivity contribution in [3.63, 3.8) is 0 Å². The van der Waals surface area contributed by atoms with E-state index in [-0.39, 0.29) is 0 Å². The molecule has 0 spiro atoms. The molecule has 0 unspecified atom stereocenters. The van der Waals surface area contributed by atoms with E-state index in [1.54, 1.807) is 6.33 Å². The van der Waals surface area contributed by atoms with Crippen LogP contribution < -0.4 is 0 Å². The molecule has 98 valence electrons. The maximum Gasteiger partial charge on any atom is 0.246 e. The average molecular weight is 256 g/mol. The van der Waals surface area contributed by atoms with Gasteiger partial charge in [0.2, 0.25) is 5.89 Å². The predicted octanol–water partition coefficient (Wildman–Crippen LogP) is 2.81. The Morgan fingerprint density at radius 3 is 3.05 bits per heavy atom. The third-order valence-corrected chi connectivity index (χ3v) is 3.10. The molecule has 0 saturated heterocycles. The molecule has 0 amide bonds. The van der Waals surface area contributed by atoms with Gasteiger partial charge in [-0.3, -0.25) is 0 Å². The van der Waals surface area contributed by atoms with E-state index in [0.29, 0.717) is 12.4 Å². The van der Waals surface area contributed by atoms with E-state index in [4.69, 9.17) is 4.52 Å². The highest BCUT2D eigenvalue weighted by Crippen LogP contribution is 2.13. The topological polar surface area (TPSA) is 56.7 Å². The minimum Gasteiger partial charge on any atom is -0.337 e. The molecule has 0 bridgehead atoms. The van der Waals surface area contributed by atoms with Crippen molar-refractivity contribution in [3.05, 3.63) is 42.3 Å². The minimum absolute atomic E-state index is 0.569. The molecule has 0 aliphatic rings. The summed E-state index contributed by atoms with van der Waals surface area (Å²) in [5, 5.41) is 3.99.